The quantitative estimate of drug-likeness (QED) is 0.277. The van der Waals surface area contributed by atoms with Crippen molar-refractivity contribution in [1.82, 2.24) is 10.6 Å². The molecule has 0 amide bonds. The molecule has 0 heterocycles. The van der Waals surface area contributed by atoms with Gasteiger partial charge in [-0.2, -0.15) is 0 Å². The molecule has 0 radical (unpaired) electrons. The van der Waals surface area contributed by atoms with Crippen LogP contribution in [0, 0.1) is 6.92 Å². The molecular weight excluding hydrogens is 412 g/mol. The van der Waals surface area contributed by atoms with Gasteiger partial charge in [-0.25, -0.2) is 0 Å². The van der Waals surface area contributed by atoms with Crippen molar-refractivity contribution in [3.8, 4) is 0 Å². The average Bonchev–Trinajstić information content (AvgIpc) is 3.12. The molecule has 4 rings (SSSR count). The molecule has 0 spiro atoms. The smallest absolute Gasteiger partial charge is 0.0581 e. The normalized spacial score (nSPS) is 24.9. The fourth-order valence-corrected chi connectivity index (χ4v) is 6.70. The topological polar surface area (TPSA) is 24.1 Å². The molecule has 3 atom stereocenters. The molecule has 2 nitrogen and oxygen atoms in total. The number of unbranched alkanes of at least 4 members (excludes halogenated alkanes) is 7. The summed E-state index contributed by atoms with van der Waals surface area (Å²) in [5.74, 6) is 0. The molecule has 2 aromatic rings. The van der Waals surface area contributed by atoms with Crippen LogP contribution in [0.1, 0.15) is 120 Å². The lowest BCUT2D eigenvalue weighted by molar-refractivity contribution is 0.187. The number of benzene rings is 2. The van der Waals surface area contributed by atoms with Gasteiger partial charge in [0, 0.05) is 11.1 Å². The van der Waals surface area contributed by atoms with Gasteiger partial charge in [0.15, 0.2) is 0 Å². The van der Waals surface area contributed by atoms with Gasteiger partial charge in [0.1, 0.15) is 0 Å². The van der Waals surface area contributed by atoms with E-state index in [0.29, 0.717) is 5.54 Å². The van der Waals surface area contributed by atoms with Crippen molar-refractivity contribution in [2.45, 2.75) is 121 Å². The Labute approximate surface area is 209 Å². The molecule has 2 fully saturated rings. The van der Waals surface area contributed by atoms with Crippen LogP contribution in [0.4, 0.5) is 0 Å². The molecule has 2 saturated carbocycles. The third-order valence-corrected chi connectivity index (χ3v) is 8.56. The third kappa shape index (κ3) is 6.73. The molecule has 1 unspecified atom stereocenters. The lowest BCUT2D eigenvalue weighted by Crippen LogP contribution is -2.53. The van der Waals surface area contributed by atoms with Crippen LogP contribution in [0.5, 0.6) is 0 Å². The second-order valence-electron chi connectivity index (χ2n) is 11.4. The van der Waals surface area contributed by atoms with Crippen molar-refractivity contribution in [3.05, 3.63) is 71.3 Å². The van der Waals surface area contributed by atoms with Crippen molar-refractivity contribution in [3.63, 3.8) is 0 Å². The average molecular weight is 461 g/mol. The van der Waals surface area contributed by atoms with Crippen LogP contribution in [0.2, 0.25) is 0 Å². The Hall–Kier alpha value is -1.64. The Bertz CT molecular complexity index is 862. The van der Waals surface area contributed by atoms with E-state index in [1.54, 1.807) is 0 Å². The highest BCUT2D eigenvalue weighted by atomic mass is 15.1. The van der Waals surface area contributed by atoms with E-state index in [2.05, 4.69) is 79.1 Å². The molecule has 2 aliphatic rings. The Morgan fingerprint density at radius 2 is 1.41 bits per heavy atom. The van der Waals surface area contributed by atoms with Gasteiger partial charge in [0.2, 0.25) is 0 Å². The number of rotatable bonds is 14. The fourth-order valence-electron chi connectivity index (χ4n) is 6.70. The van der Waals surface area contributed by atoms with Crippen LogP contribution in [-0.4, -0.2) is 17.6 Å². The maximum Gasteiger partial charge on any atom is 0.0581 e. The zero-order valence-electron chi connectivity index (χ0n) is 21.9. The highest BCUT2D eigenvalue weighted by Crippen LogP contribution is 2.49. The number of aryl methyl sites for hydroxylation is 1. The summed E-state index contributed by atoms with van der Waals surface area (Å²) in [4.78, 5) is 0. The van der Waals surface area contributed by atoms with E-state index in [9.17, 15) is 0 Å². The van der Waals surface area contributed by atoms with Crippen LogP contribution in [0.3, 0.4) is 0 Å². The highest BCUT2D eigenvalue weighted by molar-refractivity contribution is 5.35. The van der Waals surface area contributed by atoms with Crippen molar-refractivity contribution in [1.29, 1.82) is 0 Å². The minimum atomic E-state index is 0.259. The van der Waals surface area contributed by atoms with Crippen molar-refractivity contribution in [2.75, 3.05) is 6.54 Å². The molecule has 34 heavy (non-hydrogen) atoms. The summed E-state index contributed by atoms with van der Waals surface area (Å²) >= 11 is 0. The van der Waals surface area contributed by atoms with Crippen molar-refractivity contribution < 1.29 is 0 Å². The van der Waals surface area contributed by atoms with Crippen molar-refractivity contribution >= 4 is 0 Å². The first-order chi connectivity index (χ1) is 16.6. The summed E-state index contributed by atoms with van der Waals surface area (Å²) < 4.78 is 0. The van der Waals surface area contributed by atoms with Crippen LogP contribution < -0.4 is 10.6 Å². The third-order valence-electron chi connectivity index (χ3n) is 8.56. The van der Waals surface area contributed by atoms with Gasteiger partial charge < -0.3 is 10.6 Å². The molecule has 2 N–H and O–H groups in total. The molecule has 0 saturated heterocycles. The van der Waals surface area contributed by atoms with Gasteiger partial charge in [0.25, 0.3) is 0 Å². The van der Waals surface area contributed by atoms with Gasteiger partial charge in [-0.1, -0.05) is 112 Å². The molecule has 2 aromatic carbocycles. The lowest BCUT2D eigenvalue weighted by Gasteiger charge is -2.43. The highest BCUT2D eigenvalue weighted by Gasteiger charge is 2.51. The number of hydrogen-bond acceptors (Lipinski definition) is 2. The summed E-state index contributed by atoms with van der Waals surface area (Å²) in [5, 5.41) is 8.32. The van der Waals surface area contributed by atoms with E-state index in [1.165, 1.54) is 113 Å². The predicted octanol–water partition coefficient (Wildman–Crippen LogP) is 8.25. The van der Waals surface area contributed by atoms with Gasteiger partial charge in [-0.3, -0.25) is 0 Å². The van der Waals surface area contributed by atoms with Crippen LogP contribution in [-0.2, 0) is 0 Å². The molecule has 2 bridgehead atoms. The summed E-state index contributed by atoms with van der Waals surface area (Å²) in [6, 6.07) is 20.4. The molecule has 0 aliphatic heterocycles. The van der Waals surface area contributed by atoms with Gasteiger partial charge in [0.05, 0.1) is 6.04 Å². The number of nitrogens with one attached hydrogen (secondary N) is 2. The maximum absolute atomic E-state index is 4.24. The summed E-state index contributed by atoms with van der Waals surface area (Å²) in [7, 11) is 0. The standard InChI is InChI=1S/C32H48N2/c1-3-4-5-6-7-8-9-13-24-33-31-20-15-21-32(26-31,23-22-31)34-30(28-17-11-10-12-18-28)29-19-14-16-27(2)25-29/h10-12,14,16-19,25,30,33-34H,3-9,13,15,20-24,26H2,1-2H3/t30?,31-,32+/m0/s1. The second kappa shape index (κ2) is 12.4. The monoisotopic (exact) mass is 460 g/mol. The van der Waals surface area contributed by atoms with Crippen LogP contribution in [0.25, 0.3) is 0 Å². The summed E-state index contributed by atoms with van der Waals surface area (Å²) in [5.41, 5.74) is 4.75. The van der Waals surface area contributed by atoms with Gasteiger partial charge in [-0.05, 0) is 69.5 Å². The zero-order chi connectivity index (χ0) is 23.7. The van der Waals surface area contributed by atoms with Gasteiger partial charge >= 0.3 is 0 Å². The molecule has 2 aliphatic carbocycles. The van der Waals surface area contributed by atoms with E-state index in [-0.39, 0.29) is 11.6 Å². The van der Waals surface area contributed by atoms with Gasteiger partial charge in [-0.15, -0.1) is 0 Å². The number of hydrogen-bond donors (Lipinski definition) is 2. The number of fused-ring (bicyclic) bond motifs is 2. The minimum Gasteiger partial charge on any atom is -0.311 e. The Morgan fingerprint density at radius 1 is 0.735 bits per heavy atom. The Kier molecular flexibility index (Phi) is 9.25. The van der Waals surface area contributed by atoms with E-state index in [0.717, 1.165) is 0 Å². The second-order valence-corrected chi connectivity index (χ2v) is 11.4. The van der Waals surface area contributed by atoms with E-state index >= 15 is 0 Å². The van der Waals surface area contributed by atoms with E-state index in [1.807, 2.05) is 0 Å². The molecule has 186 valence electrons. The minimum absolute atomic E-state index is 0.259. The maximum atomic E-state index is 4.24. The predicted molar refractivity (Wildman–Crippen MR) is 146 cm³/mol. The molecule has 0 aromatic heterocycles. The van der Waals surface area contributed by atoms with E-state index in [4.69, 9.17) is 0 Å². The molecular formula is C32H48N2. The Morgan fingerprint density at radius 3 is 2.18 bits per heavy atom. The fraction of sp³-hybridized carbons (Fsp3) is 0.625. The molecule has 2 heteroatoms. The Balaban J connectivity index is 1.34. The first-order valence-corrected chi connectivity index (χ1v) is 14.3. The summed E-state index contributed by atoms with van der Waals surface area (Å²) in [6.45, 7) is 5.71. The first-order valence-electron chi connectivity index (χ1n) is 14.3. The van der Waals surface area contributed by atoms with Crippen molar-refractivity contribution in [2.24, 2.45) is 0 Å². The van der Waals surface area contributed by atoms with Crippen LogP contribution in [0.15, 0.2) is 54.6 Å². The summed E-state index contributed by atoms with van der Waals surface area (Å²) in [6.07, 6.45) is 19.1. The largest absolute Gasteiger partial charge is 0.311 e. The zero-order valence-corrected chi connectivity index (χ0v) is 21.9. The van der Waals surface area contributed by atoms with Crippen LogP contribution >= 0.6 is 0 Å². The first kappa shape index (κ1) is 25.5. The SMILES string of the molecule is CCCCCCCCCCN[C@@]12CCC[C@@](NC(c3ccccc3)c3cccc(C)c3)(CC1)C2. The van der Waals surface area contributed by atoms with E-state index < -0.39 is 0 Å². The lowest BCUT2D eigenvalue weighted by atomic mass is 9.77.